The molecule has 0 unspecified atom stereocenters. The first-order valence-electron chi connectivity index (χ1n) is 10.8. The monoisotopic (exact) mass is 459 g/mol. The van der Waals surface area contributed by atoms with Crippen LogP contribution in [0.1, 0.15) is 17.4 Å². The Labute approximate surface area is 196 Å². The van der Waals surface area contributed by atoms with Crippen molar-refractivity contribution in [3.63, 3.8) is 0 Å². The van der Waals surface area contributed by atoms with Crippen LogP contribution in [-0.4, -0.2) is 62.2 Å². The number of carbonyl (C=O) groups excluding carboxylic acids is 2. The number of pyridine rings is 2. The first-order chi connectivity index (χ1) is 16.0. The second kappa shape index (κ2) is 8.67. The van der Waals surface area contributed by atoms with E-state index in [0.29, 0.717) is 48.2 Å². The van der Waals surface area contributed by atoms with Crippen LogP contribution in [0.5, 0.6) is 0 Å². The van der Waals surface area contributed by atoms with Gasteiger partial charge in [-0.3, -0.25) is 19.0 Å². The summed E-state index contributed by atoms with van der Waals surface area (Å²) in [6, 6.07) is 16.9. The molecular formula is C25H22ClN5O2. The zero-order valence-electron chi connectivity index (χ0n) is 18.1. The van der Waals surface area contributed by atoms with Gasteiger partial charge >= 0.3 is 0 Å². The van der Waals surface area contributed by atoms with Crippen LogP contribution < -0.4 is 0 Å². The van der Waals surface area contributed by atoms with E-state index in [1.165, 1.54) is 0 Å². The van der Waals surface area contributed by atoms with Gasteiger partial charge in [-0.1, -0.05) is 29.8 Å². The van der Waals surface area contributed by atoms with Crippen molar-refractivity contribution in [1.29, 1.82) is 0 Å². The van der Waals surface area contributed by atoms with Crippen molar-refractivity contribution in [2.75, 3.05) is 26.2 Å². The highest BCUT2D eigenvalue weighted by atomic mass is 35.5. The van der Waals surface area contributed by atoms with Gasteiger partial charge in [-0.2, -0.15) is 0 Å². The number of hydrogen-bond acceptors (Lipinski definition) is 4. The van der Waals surface area contributed by atoms with Gasteiger partial charge < -0.3 is 9.80 Å². The Morgan fingerprint density at radius 3 is 2.24 bits per heavy atom. The van der Waals surface area contributed by atoms with Crippen molar-refractivity contribution in [1.82, 2.24) is 24.2 Å². The summed E-state index contributed by atoms with van der Waals surface area (Å²) in [4.78, 5) is 38.3. The van der Waals surface area contributed by atoms with Gasteiger partial charge in [0.2, 0.25) is 5.91 Å². The van der Waals surface area contributed by atoms with Crippen LogP contribution in [0.2, 0.25) is 5.02 Å². The van der Waals surface area contributed by atoms with Crippen LogP contribution in [-0.2, 0) is 4.79 Å². The van der Waals surface area contributed by atoms with Gasteiger partial charge in [-0.15, -0.1) is 0 Å². The van der Waals surface area contributed by atoms with E-state index in [1.807, 2.05) is 53.1 Å². The Morgan fingerprint density at radius 1 is 0.879 bits per heavy atom. The van der Waals surface area contributed by atoms with Gasteiger partial charge in [0.25, 0.3) is 5.91 Å². The summed E-state index contributed by atoms with van der Waals surface area (Å²) < 4.78 is 1.84. The molecule has 1 aliphatic heterocycles. The van der Waals surface area contributed by atoms with Gasteiger partial charge in [0.05, 0.1) is 5.69 Å². The van der Waals surface area contributed by atoms with E-state index in [1.54, 1.807) is 35.1 Å². The minimum atomic E-state index is -0.117. The molecule has 0 radical (unpaired) electrons. The fourth-order valence-electron chi connectivity index (χ4n) is 4.12. The van der Waals surface area contributed by atoms with E-state index < -0.39 is 0 Å². The largest absolute Gasteiger partial charge is 0.339 e. The van der Waals surface area contributed by atoms with Gasteiger partial charge in [0.15, 0.2) is 0 Å². The summed E-state index contributed by atoms with van der Waals surface area (Å²) in [5, 5.41) is 0.619. The predicted octanol–water partition coefficient (Wildman–Crippen LogP) is 4.02. The predicted molar refractivity (Wildman–Crippen MR) is 127 cm³/mol. The first-order valence-corrected chi connectivity index (χ1v) is 11.1. The van der Waals surface area contributed by atoms with Crippen LogP contribution in [0.4, 0.5) is 0 Å². The zero-order chi connectivity index (χ0) is 22.9. The molecule has 1 fully saturated rings. The molecule has 33 heavy (non-hydrogen) atoms. The third-order valence-corrected chi connectivity index (χ3v) is 6.16. The number of fused-ring (bicyclic) bond motifs is 1. The van der Waals surface area contributed by atoms with Gasteiger partial charge in [-0.05, 0) is 36.4 Å². The van der Waals surface area contributed by atoms with Crippen molar-refractivity contribution in [2.45, 2.75) is 6.92 Å². The van der Waals surface area contributed by atoms with Crippen molar-refractivity contribution in [3.05, 3.63) is 77.7 Å². The average Bonchev–Trinajstić information content (AvgIpc) is 3.23. The van der Waals surface area contributed by atoms with E-state index in [2.05, 4.69) is 4.98 Å². The number of rotatable bonds is 3. The molecule has 0 saturated carbocycles. The van der Waals surface area contributed by atoms with E-state index in [-0.39, 0.29) is 11.8 Å². The number of hydrogen-bond donors (Lipinski definition) is 0. The Morgan fingerprint density at radius 2 is 1.58 bits per heavy atom. The fourth-order valence-corrected chi connectivity index (χ4v) is 4.24. The lowest BCUT2D eigenvalue weighted by molar-refractivity contribution is -0.130. The molecule has 0 spiro atoms. The number of carbonyl (C=O) groups is 2. The summed E-state index contributed by atoms with van der Waals surface area (Å²) in [6.45, 7) is 3.55. The number of nitrogens with zero attached hydrogens (tertiary/aromatic N) is 5. The molecule has 1 aliphatic rings. The summed E-state index contributed by atoms with van der Waals surface area (Å²) in [5.41, 5.74) is 4.27. The molecule has 3 aromatic heterocycles. The van der Waals surface area contributed by atoms with Crippen LogP contribution >= 0.6 is 11.6 Å². The molecule has 7 nitrogen and oxygen atoms in total. The Hall–Kier alpha value is -3.71. The molecule has 0 atom stereocenters. The van der Waals surface area contributed by atoms with Gasteiger partial charge in [0, 0.05) is 61.6 Å². The highest BCUT2D eigenvalue weighted by Gasteiger charge is 2.28. The number of aromatic nitrogens is 3. The SMILES string of the molecule is CC(=O)N1CCN(C(=O)c2c(-c3ccc(Cl)cc3)nc3ccc(-c4ccccn4)cn23)CC1. The Bertz CT molecular complexity index is 1330. The molecule has 0 aliphatic carbocycles. The minimum Gasteiger partial charge on any atom is -0.339 e. The topological polar surface area (TPSA) is 70.8 Å². The molecular weight excluding hydrogens is 438 g/mol. The summed E-state index contributed by atoms with van der Waals surface area (Å²) >= 11 is 6.09. The quantitative estimate of drug-likeness (QED) is 0.464. The van der Waals surface area contributed by atoms with E-state index >= 15 is 0 Å². The fraction of sp³-hybridized carbons (Fsp3) is 0.200. The van der Waals surface area contributed by atoms with Crippen molar-refractivity contribution in [2.24, 2.45) is 0 Å². The molecule has 8 heteroatoms. The highest BCUT2D eigenvalue weighted by Crippen LogP contribution is 2.29. The molecule has 166 valence electrons. The number of benzene rings is 1. The maximum Gasteiger partial charge on any atom is 0.273 e. The molecule has 0 bridgehead atoms. The molecule has 4 aromatic rings. The van der Waals surface area contributed by atoms with Gasteiger partial charge in [0.1, 0.15) is 17.0 Å². The summed E-state index contributed by atoms with van der Waals surface area (Å²) in [5.74, 6) is -0.0902. The molecule has 2 amide bonds. The second-order valence-corrected chi connectivity index (χ2v) is 8.41. The smallest absolute Gasteiger partial charge is 0.273 e. The second-order valence-electron chi connectivity index (χ2n) is 7.98. The van der Waals surface area contributed by atoms with Gasteiger partial charge in [-0.25, -0.2) is 4.98 Å². The molecule has 1 aromatic carbocycles. The Balaban J connectivity index is 1.62. The van der Waals surface area contributed by atoms with Crippen molar-refractivity contribution in [3.8, 4) is 22.5 Å². The molecule has 0 N–H and O–H groups in total. The lowest BCUT2D eigenvalue weighted by Gasteiger charge is -2.34. The van der Waals surface area contributed by atoms with Crippen molar-refractivity contribution < 1.29 is 9.59 Å². The first kappa shape index (κ1) is 21.2. The van der Waals surface area contributed by atoms with Crippen LogP contribution in [0.15, 0.2) is 67.0 Å². The maximum atomic E-state index is 13.8. The lowest BCUT2D eigenvalue weighted by atomic mass is 10.1. The minimum absolute atomic E-state index is 0.0266. The average molecular weight is 460 g/mol. The molecule has 4 heterocycles. The Kier molecular flexibility index (Phi) is 5.56. The van der Waals surface area contributed by atoms with Crippen LogP contribution in [0.25, 0.3) is 28.2 Å². The summed E-state index contributed by atoms with van der Waals surface area (Å²) in [7, 11) is 0. The highest BCUT2D eigenvalue weighted by molar-refractivity contribution is 6.30. The normalized spacial score (nSPS) is 14.0. The number of amides is 2. The maximum absolute atomic E-state index is 13.8. The molecule has 1 saturated heterocycles. The zero-order valence-corrected chi connectivity index (χ0v) is 18.9. The van der Waals surface area contributed by atoms with E-state index in [9.17, 15) is 9.59 Å². The van der Waals surface area contributed by atoms with E-state index in [0.717, 1.165) is 16.8 Å². The van der Waals surface area contributed by atoms with Crippen molar-refractivity contribution >= 4 is 29.1 Å². The number of imidazole rings is 1. The number of piperazine rings is 1. The molecule has 5 rings (SSSR count). The lowest BCUT2D eigenvalue weighted by Crippen LogP contribution is -2.50. The van der Waals surface area contributed by atoms with Crippen LogP contribution in [0.3, 0.4) is 0 Å². The third kappa shape index (κ3) is 4.07. The standard InChI is InChI=1S/C25H22ClN5O2/c1-17(32)29-12-14-30(15-13-29)25(33)24-23(18-5-8-20(26)9-6-18)28-22-10-7-19(16-31(22)24)21-4-2-3-11-27-21/h2-11,16H,12-15H2,1H3. The summed E-state index contributed by atoms with van der Waals surface area (Å²) in [6.07, 6.45) is 3.65. The third-order valence-electron chi connectivity index (χ3n) is 5.91. The van der Waals surface area contributed by atoms with E-state index in [4.69, 9.17) is 16.6 Å². The number of halogens is 1. The van der Waals surface area contributed by atoms with Crippen LogP contribution in [0, 0.1) is 0 Å².